The topological polar surface area (TPSA) is 92.4 Å². The molecule has 1 heterocycles. The first-order chi connectivity index (χ1) is 12.8. The number of hydrogen-bond acceptors (Lipinski definition) is 5. The van der Waals surface area contributed by atoms with Crippen LogP contribution in [-0.4, -0.2) is 36.3 Å². The molecule has 142 valence electrons. The summed E-state index contributed by atoms with van der Waals surface area (Å²) in [6.45, 7) is 2.04. The molecule has 3 aromatic rings. The molecule has 2 aromatic carbocycles. The van der Waals surface area contributed by atoms with Crippen molar-refractivity contribution in [3.63, 3.8) is 0 Å². The van der Waals surface area contributed by atoms with Crippen molar-refractivity contribution >= 4 is 36.9 Å². The van der Waals surface area contributed by atoms with Crippen LogP contribution in [0.15, 0.2) is 56.6 Å². The molecule has 0 saturated heterocycles. The Kier molecular flexibility index (Phi) is 5.64. The van der Waals surface area contributed by atoms with Crippen LogP contribution in [0.3, 0.4) is 0 Å². The van der Waals surface area contributed by atoms with Gasteiger partial charge in [-0.3, -0.25) is 4.79 Å². The fourth-order valence-electron chi connectivity index (χ4n) is 2.63. The largest absolute Gasteiger partial charge is 0.492 e. The van der Waals surface area contributed by atoms with E-state index in [1.54, 1.807) is 43.3 Å². The minimum Gasteiger partial charge on any atom is -0.492 e. The third-order valence-electron chi connectivity index (χ3n) is 3.93. The minimum atomic E-state index is -3.86. The number of H-pyrrole nitrogens is 1. The molecule has 0 aliphatic carbocycles. The number of fused-ring (bicyclic) bond motifs is 1. The molecule has 0 atom stereocenters. The second-order valence-electron chi connectivity index (χ2n) is 5.81. The third kappa shape index (κ3) is 4.05. The molecule has 0 unspecified atom stereocenters. The highest BCUT2D eigenvalue weighted by Crippen LogP contribution is 2.30. The number of aromatic nitrogens is 2. The number of hydrogen-bond donors (Lipinski definition) is 1. The van der Waals surface area contributed by atoms with E-state index in [9.17, 15) is 13.2 Å². The number of nitrogens with zero attached hydrogens (tertiary/aromatic N) is 2. The summed E-state index contributed by atoms with van der Waals surface area (Å²) in [5.41, 5.74) is 0.207. The molecule has 0 aliphatic rings. The van der Waals surface area contributed by atoms with Gasteiger partial charge < -0.3 is 9.72 Å². The molecular formula is C18H18BrN3O4S. The lowest BCUT2D eigenvalue weighted by molar-refractivity contribution is 0.329. The van der Waals surface area contributed by atoms with Gasteiger partial charge in [0.25, 0.3) is 5.56 Å². The zero-order valence-corrected chi connectivity index (χ0v) is 17.2. The first-order valence-electron chi connectivity index (χ1n) is 8.19. The monoisotopic (exact) mass is 451 g/mol. The number of aromatic amines is 1. The molecule has 1 N–H and O–H groups in total. The van der Waals surface area contributed by atoms with Gasteiger partial charge in [-0.15, -0.1) is 0 Å². The fraction of sp³-hybridized carbons (Fsp3) is 0.222. The number of sulfonamides is 1. The predicted molar refractivity (Wildman–Crippen MR) is 106 cm³/mol. The lowest BCUT2D eigenvalue weighted by Crippen LogP contribution is -2.29. The average Bonchev–Trinajstić information content (AvgIpc) is 2.63. The number of nitrogens with one attached hydrogen (secondary N) is 1. The molecule has 0 spiro atoms. The normalized spacial score (nSPS) is 11.9. The van der Waals surface area contributed by atoms with Crippen molar-refractivity contribution in [3.05, 3.63) is 63.1 Å². The zero-order chi connectivity index (χ0) is 19.6. The van der Waals surface area contributed by atoms with Crippen LogP contribution in [0.5, 0.6) is 5.75 Å². The van der Waals surface area contributed by atoms with Crippen LogP contribution >= 0.6 is 15.9 Å². The molecule has 27 heavy (non-hydrogen) atoms. The minimum absolute atomic E-state index is 0.0457. The molecule has 1 aromatic heterocycles. The quantitative estimate of drug-likeness (QED) is 0.621. The van der Waals surface area contributed by atoms with Crippen LogP contribution in [0.2, 0.25) is 0 Å². The van der Waals surface area contributed by atoms with Gasteiger partial charge in [-0.25, -0.2) is 13.4 Å². The summed E-state index contributed by atoms with van der Waals surface area (Å²) in [6, 6.07) is 11.7. The Hall–Kier alpha value is -2.23. The van der Waals surface area contributed by atoms with E-state index in [-0.39, 0.29) is 28.6 Å². The van der Waals surface area contributed by atoms with Gasteiger partial charge in [0.2, 0.25) is 10.0 Å². The Morgan fingerprint density at radius 3 is 2.70 bits per heavy atom. The molecular weight excluding hydrogens is 434 g/mol. The maximum Gasteiger partial charge on any atom is 0.258 e. The highest BCUT2D eigenvalue weighted by molar-refractivity contribution is 9.10. The third-order valence-corrected chi connectivity index (χ3v) is 6.25. The number of ether oxygens (including phenoxy) is 1. The first kappa shape index (κ1) is 19.5. The van der Waals surface area contributed by atoms with Gasteiger partial charge >= 0.3 is 0 Å². The van der Waals surface area contributed by atoms with E-state index in [4.69, 9.17) is 4.74 Å². The van der Waals surface area contributed by atoms with E-state index < -0.39 is 10.0 Å². The van der Waals surface area contributed by atoms with Crippen molar-refractivity contribution in [3.8, 4) is 5.75 Å². The second-order valence-corrected chi connectivity index (χ2v) is 8.74. The van der Waals surface area contributed by atoms with Gasteiger partial charge in [-0.05, 0) is 37.3 Å². The van der Waals surface area contributed by atoms with E-state index in [2.05, 4.69) is 25.9 Å². The predicted octanol–water partition coefficient (Wildman–Crippen LogP) is 2.91. The molecule has 0 radical (unpaired) electrons. The molecule has 3 rings (SSSR count). The summed E-state index contributed by atoms with van der Waals surface area (Å²) in [7, 11) is -2.43. The second kappa shape index (κ2) is 7.79. The van der Waals surface area contributed by atoms with E-state index in [1.165, 1.54) is 13.1 Å². The summed E-state index contributed by atoms with van der Waals surface area (Å²) in [6.07, 6.45) is 0. The molecule has 0 saturated carbocycles. The number of halogens is 1. The van der Waals surface area contributed by atoms with Gasteiger partial charge in [-0.2, -0.15) is 4.31 Å². The number of rotatable bonds is 6. The van der Waals surface area contributed by atoms with Gasteiger partial charge in [0.1, 0.15) is 16.5 Å². The molecule has 7 nitrogen and oxygen atoms in total. The molecule has 0 fully saturated rings. The molecule has 0 bridgehead atoms. The fourth-order valence-corrected chi connectivity index (χ4v) is 4.43. The van der Waals surface area contributed by atoms with Crippen molar-refractivity contribution in [2.24, 2.45) is 0 Å². The highest BCUT2D eigenvalue weighted by Gasteiger charge is 2.26. The van der Waals surface area contributed by atoms with Gasteiger partial charge in [0.15, 0.2) is 0 Å². The summed E-state index contributed by atoms with van der Waals surface area (Å²) in [4.78, 5) is 19.2. The van der Waals surface area contributed by atoms with Crippen molar-refractivity contribution in [1.82, 2.24) is 14.3 Å². The first-order valence-corrected chi connectivity index (χ1v) is 10.4. The Morgan fingerprint density at radius 1 is 1.22 bits per heavy atom. The van der Waals surface area contributed by atoms with Crippen LogP contribution in [-0.2, 0) is 16.6 Å². The van der Waals surface area contributed by atoms with Gasteiger partial charge in [-0.1, -0.05) is 28.1 Å². The van der Waals surface area contributed by atoms with E-state index in [1.807, 2.05) is 0 Å². The maximum absolute atomic E-state index is 13.0. The van der Waals surface area contributed by atoms with E-state index >= 15 is 0 Å². The van der Waals surface area contributed by atoms with Gasteiger partial charge in [0, 0.05) is 11.5 Å². The summed E-state index contributed by atoms with van der Waals surface area (Å²) in [5.74, 6) is 0.533. The van der Waals surface area contributed by atoms with Crippen molar-refractivity contribution in [2.75, 3.05) is 13.7 Å². The Morgan fingerprint density at radius 2 is 1.96 bits per heavy atom. The summed E-state index contributed by atoms with van der Waals surface area (Å²) < 4.78 is 33.3. The Balaban J connectivity index is 1.97. The number of benzene rings is 2. The van der Waals surface area contributed by atoms with E-state index in [0.717, 1.165) is 4.31 Å². The number of para-hydroxylation sites is 1. The van der Waals surface area contributed by atoms with Crippen LogP contribution in [0.4, 0.5) is 0 Å². The summed E-state index contributed by atoms with van der Waals surface area (Å²) >= 11 is 3.29. The van der Waals surface area contributed by atoms with Crippen LogP contribution < -0.4 is 10.3 Å². The zero-order valence-electron chi connectivity index (χ0n) is 14.8. The smallest absolute Gasteiger partial charge is 0.258 e. The van der Waals surface area contributed by atoms with Crippen molar-refractivity contribution in [2.45, 2.75) is 18.4 Å². The average molecular weight is 452 g/mol. The lowest BCUT2D eigenvalue weighted by atomic mass is 10.2. The van der Waals surface area contributed by atoms with Crippen molar-refractivity contribution in [1.29, 1.82) is 0 Å². The van der Waals surface area contributed by atoms with Gasteiger partial charge in [0.05, 0.1) is 24.1 Å². The maximum atomic E-state index is 13.0. The van der Waals surface area contributed by atoms with E-state index in [0.29, 0.717) is 22.0 Å². The lowest BCUT2D eigenvalue weighted by Gasteiger charge is -2.19. The van der Waals surface area contributed by atoms with Crippen LogP contribution in [0.25, 0.3) is 10.9 Å². The standard InChI is InChI=1S/C18H18BrN3O4S/c1-3-26-15-9-8-12(19)10-16(15)27(24,25)22(2)11-17-20-14-7-5-4-6-13(14)18(23)21-17/h4-10H,3,11H2,1-2H3,(H,20,21,23). The Bertz CT molecular complexity index is 1140. The molecule has 9 heteroatoms. The SMILES string of the molecule is CCOc1ccc(Br)cc1S(=O)(=O)N(C)Cc1nc2ccccc2c(=O)[nH]1. The van der Waals surface area contributed by atoms with Crippen LogP contribution in [0, 0.1) is 0 Å². The van der Waals surface area contributed by atoms with Crippen LogP contribution in [0.1, 0.15) is 12.7 Å². The molecule has 0 amide bonds. The van der Waals surface area contributed by atoms with Crippen molar-refractivity contribution < 1.29 is 13.2 Å². The Labute approximate surface area is 165 Å². The molecule has 0 aliphatic heterocycles. The highest BCUT2D eigenvalue weighted by atomic mass is 79.9. The summed E-state index contributed by atoms with van der Waals surface area (Å²) in [5, 5.41) is 0.456.